The van der Waals surface area contributed by atoms with Gasteiger partial charge in [0.1, 0.15) is 16.5 Å². The maximum absolute atomic E-state index is 5.81. The molecule has 0 aliphatic rings. The van der Waals surface area contributed by atoms with Crippen LogP contribution in [0.2, 0.25) is 5.15 Å². The van der Waals surface area contributed by atoms with Gasteiger partial charge >= 0.3 is 0 Å². The number of hydrogen-bond donors (Lipinski definition) is 2. The number of furan rings is 1. The summed E-state index contributed by atoms with van der Waals surface area (Å²) in [6.07, 6.45) is 3.45. The third kappa shape index (κ3) is 4.97. The number of benzene rings is 1. The Morgan fingerprint density at radius 2 is 1.92 bits per heavy atom. The zero-order chi connectivity index (χ0) is 17.5. The number of halogens is 1. The zero-order valence-electron chi connectivity index (χ0n) is 14.1. The summed E-state index contributed by atoms with van der Waals surface area (Å²) >= 11 is 5.79. The van der Waals surface area contributed by atoms with Gasteiger partial charge < -0.3 is 15.1 Å². The second kappa shape index (κ2) is 8.53. The highest BCUT2D eigenvalue weighted by atomic mass is 35.5. The van der Waals surface area contributed by atoms with Crippen molar-refractivity contribution in [3.63, 3.8) is 0 Å². The standard InChI is InChI=1S/C19H21ClN4O/c1-21-19(22-10-8-14-6-7-18(20)24-13-14)23-11-9-16-12-15-4-2-3-5-17(15)25-16/h2-7,12-13H,8-11H2,1H3,(H2,21,22,23). The predicted molar refractivity (Wildman–Crippen MR) is 102 cm³/mol. The lowest BCUT2D eigenvalue weighted by atomic mass is 10.2. The first-order chi connectivity index (χ1) is 12.2. The number of aliphatic imine (C=N–C) groups is 1. The summed E-state index contributed by atoms with van der Waals surface area (Å²) in [6.45, 7) is 1.52. The summed E-state index contributed by atoms with van der Waals surface area (Å²) < 4.78 is 5.81. The maximum atomic E-state index is 5.81. The summed E-state index contributed by atoms with van der Waals surface area (Å²) in [5, 5.41) is 8.24. The van der Waals surface area contributed by atoms with Crippen molar-refractivity contribution in [1.29, 1.82) is 0 Å². The molecule has 2 heterocycles. The molecule has 0 aliphatic heterocycles. The van der Waals surface area contributed by atoms with E-state index in [-0.39, 0.29) is 0 Å². The Bertz CT molecular complexity index is 809. The SMILES string of the molecule is CN=C(NCCc1ccc(Cl)nc1)NCCc1cc2ccccc2o1. The quantitative estimate of drug-likeness (QED) is 0.403. The van der Waals surface area contributed by atoms with Gasteiger partial charge in [-0.2, -0.15) is 0 Å². The average molecular weight is 357 g/mol. The van der Waals surface area contributed by atoms with E-state index in [0.717, 1.165) is 54.2 Å². The third-order valence-electron chi connectivity index (χ3n) is 3.86. The largest absolute Gasteiger partial charge is 0.461 e. The van der Waals surface area contributed by atoms with Crippen LogP contribution >= 0.6 is 11.6 Å². The number of para-hydroxylation sites is 1. The van der Waals surface area contributed by atoms with Gasteiger partial charge in [0, 0.05) is 38.1 Å². The van der Waals surface area contributed by atoms with E-state index in [1.54, 1.807) is 19.3 Å². The zero-order valence-corrected chi connectivity index (χ0v) is 14.9. The van der Waals surface area contributed by atoms with Crippen molar-refractivity contribution in [2.45, 2.75) is 12.8 Å². The van der Waals surface area contributed by atoms with Crippen LogP contribution in [-0.2, 0) is 12.8 Å². The number of fused-ring (bicyclic) bond motifs is 1. The van der Waals surface area contributed by atoms with E-state index in [4.69, 9.17) is 16.0 Å². The lowest BCUT2D eigenvalue weighted by Gasteiger charge is -2.11. The van der Waals surface area contributed by atoms with Gasteiger partial charge in [0.25, 0.3) is 0 Å². The van der Waals surface area contributed by atoms with E-state index in [1.165, 1.54) is 0 Å². The van der Waals surface area contributed by atoms with Gasteiger partial charge in [-0.1, -0.05) is 35.9 Å². The van der Waals surface area contributed by atoms with E-state index in [1.807, 2.05) is 24.3 Å². The molecule has 2 aromatic heterocycles. The maximum Gasteiger partial charge on any atom is 0.191 e. The molecule has 2 N–H and O–H groups in total. The summed E-state index contributed by atoms with van der Waals surface area (Å²) in [7, 11) is 1.76. The van der Waals surface area contributed by atoms with Crippen molar-refractivity contribution in [2.24, 2.45) is 4.99 Å². The first kappa shape index (κ1) is 17.3. The predicted octanol–water partition coefficient (Wildman–Crippen LogP) is 3.43. The second-order valence-corrected chi connectivity index (χ2v) is 6.05. The summed E-state index contributed by atoms with van der Waals surface area (Å²) in [6, 6.07) is 13.9. The highest BCUT2D eigenvalue weighted by molar-refractivity contribution is 6.29. The fraction of sp³-hybridized carbons (Fsp3) is 0.263. The van der Waals surface area contributed by atoms with Gasteiger partial charge in [0.2, 0.25) is 0 Å². The van der Waals surface area contributed by atoms with Crippen molar-refractivity contribution in [3.8, 4) is 0 Å². The lowest BCUT2D eigenvalue weighted by molar-refractivity contribution is 0.544. The summed E-state index contributed by atoms with van der Waals surface area (Å²) in [5.41, 5.74) is 2.06. The fourth-order valence-corrected chi connectivity index (χ4v) is 2.68. The number of guanidine groups is 1. The minimum atomic E-state index is 0.514. The Morgan fingerprint density at radius 1 is 1.12 bits per heavy atom. The van der Waals surface area contributed by atoms with Crippen molar-refractivity contribution in [1.82, 2.24) is 15.6 Å². The number of nitrogens with one attached hydrogen (secondary N) is 2. The molecule has 130 valence electrons. The highest BCUT2D eigenvalue weighted by Crippen LogP contribution is 2.18. The van der Waals surface area contributed by atoms with Crippen LogP contribution in [0.3, 0.4) is 0 Å². The van der Waals surface area contributed by atoms with E-state index in [0.29, 0.717) is 5.15 Å². The van der Waals surface area contributed by atoms with E-state index in [2.05, 4.69) is 32.7 Å². The molecule has 0 atom stereocenters. The molecule has 0 bridgehead atoms. The Kier molecular flexibility index (Phi) is 5.90. The monoisotopic (exact) mass is 356 g/mol. The molecule has 6 heteroatoms. The summed E-state index contributed by atoms with van der Waals surface area (Å²) in [4.78, 5) is 8.31. The minimum absolute atomic E-state index is 0.514. The molecule has 0 fully saturated rings. The van der Waals surface area contributed by atoms with Gasteiger partial charge in [-0.05, 0) is 30.2 Å². The van der Waals surface area contributed by atoms with Gasteiger partial charge in [0.15, 0.2) is 5.96 Å². The normalized spacial score (nSPS) is 11.7. The molecule has 0 aliphatic carbocycles. The Hall–Kier alpha value is -2.53. The van der Waals surface area contributed by atoms with Crippen LogP contribution in [0.4, 0.5) is 0 Å². The topological polar surface area (TPSA) is 62.5 Å². The van der Waals surface area contributed by atoms with Gasteiger partial charge in [-0.25, -0.2) is 4.98 Å². The number of hydrogen-bond acceptors (Lipinski definition) is 3. The molecular weight excluding hydrogens is 336 g/mol. The van der Waals surface area contributed by atoms with Gasteiger partial charge in [-0.3, -0.25) is 4.99 Å². The van der Waals surface area contributed by atoms with Crippen molar-refractivity contribution < 1.29 is 4.42 Å². The molecule has 0 saturated carbocycles. The molecule has 1 aromatic carbocycles. The van der Waals surface area contributed by atoms with Crippen LogP contribution in [0.5, 0.6) is 0 Å². The molecule has 0 amide bonds. The number of aromatic nitrogens is 1. The molecular formula is C19H21ClN4O. The van der Waals surface area contributed by atoms with Crippen LogP contribution < -0.4 is 10.6 Å². The minimum Gasteiger partial charge on any atom is -0.461 e. The first-order valence-electron chi connectivity index (χ1n) is 8.27. The van der Waals surface area contributed by atoms with Gasteiger partial charge in [0.05, 0.1) is 0 Å². The molecule has 0 saturated heterocycles. The average Bonchev–Trinajstić information content (AvgIpc) is 3.05. The molecule has 5 nitrogen and oxygen atoms in total. The molecule has 0 radical (unpaired) electrons. The lowest BCUT2D eigenvalue weighted by Crippen LogP contribution is -2.39. The van der Waals surface area contributed by atoms with Crippen molar-refractivity contribution in [2.75, 3.05) is 20.1 Å². The molecule has 0 spiro atoms. The smallest absolute Gasteiger partial charge is 0.191 e. The summed E-state index contributed by atoms with van der Waals surface area (Å²) in [5.74, 6) is 1.74. The van der Waals surface area contributed by atoms with E-state index in [9.17, 15) is 0 Å². The van der Waals surface area contributed by atoms with Crippen molar-refractivity contribution in [3.05, 3.63) is 65.1 Å². The van der Waals surface area contributed by atoms with Crippen molar-refractivity contribution >= 4 is 28.5 Å². The van der Waals surface area contributed by atoms with E-state index >= 15 is 0 Å². The van der Waals surface area contributed by atoms with Crippen LogP contribution in [0, 0.1) is 0 Å². The van der Waals surface area contributed by atoms with Crippen LogP contribution in [0.15, 0.2) is 58.1 Å². The molecule has 3 aromatic rings. The fourth-order valence-electron chi connectivity index (χ4n) is 2.56. The van der Waals surface area contributed by atoms with Crippen LogP contribution in [0.1, 0.15) is 11.3 Å². The van der Waals surface area contributed by atoms with Crippen LogP contribution in [-0.4, -0.2) is 31.1 Å². The molecule has 0 unspecified atom stereocenters. The Labute approximate surface area is 152 Å². The number of nitrogens with zero attached hydrogens (tertiary/aromatic N) is 2. The Morgan fingerprint density at radius 3 is 2.64 bits per heavy atom. The van der Waals surface area contributed by atoms with Crippen LogP contribution in [0.25, 0.3) is 11.0 Å². The highest BCUT2D eigenvalue weighted by Gasteiger charge is 2.04. The molecule has 25 heavy (non-hydrogen) atoms. The number of pyridine rings is 1. The number of rotatable bonds is 6. The second-order valence-electron chi connectivity index (χ2n) is 5.67. The Balaban J connectivity index is 1.42. The van der Waals surface area contributed by atoms with E-state index < -0.39 is 0 Å². The van der Waals surface area contributed by atoms with Gasteiger partial charge in [-0.15, -0.1) is 0 Å². The third-order valence-corrected chi connectivity index (χ3v) is 4.08. The first-order valence-corrected chi connectivity index (χ1v) is 8.65. The molecule has 3 rings (SSSR count).